The molecule has 0 saturated heterocycles. The van der Waals surface area contributed by atoms with Gasteiger partial charge in [-0.05, 0) is 92.6 Å². The maximum Gasteiger partial charge on any atom is 0.416 e. The molecule has 0 aromatic heterocycles. The molecular formula is C25H24F3NO5S. The molecule has 0 aliphatic heterocycles. The summed E-state index contributed by atoms with van der Waals surface area (Å²) in [5.41, 5.74) is 0.990. The number of carbonyl (C=O) groups excluding carboxylic acids is 1. The first-order chi connectivity index (χ1) is 16.4. The molecule has 3 aromatic rings. The van der Waals surface area contributed by atoms with Gasteiger partial charge in [-0.1, -0.05) is 0 Å². The molecule has 0 unspecified atom stereocenters. The van der Waals surface area contributed by atoms with Crippen LogP contribution < -0.4 is 9.04 Å². The van der Waals surface area contributed by atoms with E-state index in [0.717, 1.165) is 12.1 Å². The maximum atomic E-state index is 13.4. The molecule has 0 radical (unpaired) electrons. The Hall–Kier alpha value is -3.53. The highest BCUT2D eigenvalue weighted by Gasteiger charge is 2.30. The van der Waals surface area contributed by atoms with Crippen LogP contribution in [0.1, 0.15) is 34.0 Å². The minimum atomic E-state index is -4.44. The van der Waals surface area contributed by atoms with Gasteiger partial charge >= 0.3 is 12.1 Å². The van der Waals surface area contributed by atoms with Gasteiger partial charge in [-0.25, -0.2) is 13.2 Å². The fourth-order valence-corrected chi connectivity index (χ4v) is 5.03. The van der Waals surface area contributed by atoms with Crippen LogP contribution in [0.25, 0.3) is 0 Å². The fourth-order valence-electron chi connectivity index (χ4n) is 3.44. The normalized spacial score (nSPS) is 11.7. The zero-order chi connectivity index (χ0) is 26.0. The van der Waals surface area contributed by atoms with Crippen molar-refractivity contribution in [1.29, 1.82) is 0 Å². The Morgan fingerprint density at radius 3 is 1.97 bits per heavy atom. The summed E-state index contributed by atoms with van der Waals surface area (Å²) in [6.07, 6.45) is -4.44. The number of alkyl halides is 3. The van der Waals surface area contributed by atoms with Gasteiger partial charge in [-0.2, -0.15) is 13.2 Å². The number of hydrogen-bond acceptors (Lipinski definition) is 5. The first-order valence-corrected chi connectivity index (χ1v) is 12.0. The Morgan fingerprint density at radius 1 is 0.943 bits per heavy atom. The van der Waals surface area contributed by atoms with E-state index in [1.165, 1.54) is 59.9 Å². The minimum absolute atomic E-state index is 0.0482. The molecular weight excluding hydrogens is 483 g/mol. The molecule has 0 fully saturated rings. The van der Waals surface area contributed by atoms with Crippen molar-refractivity contribution in [1.82, 2.24) is 0 Å². The number of nitrogens with zero attached hydrogens (tertiary/aromatic N) is 1. The maximum absolute atomic E-state index is 13.4. The number of ether oxygens (including phenoxy) is 2. The second kappa shape index (κ2) is 9.99. The molecule has 0 spiro atoms. The first kappa shape index (κ1) is 26.1. The lowest BCUT2D eigenvalue weighted by Gasteiger charge is -2.24. The smallest absolute Gasteiger partial charge is 0.416 e. The van der Waals surface area contributed by atoms with E-state index in [4.69, 9.17) is 9.47 Å². The van der Waals surface area contributed by atoms with Gasteiger partial charge in [-0.3, -0.25) is 4.31 Å². The number of sulfonamides is 1. The molecule has 0 atom stereocenters. The molecule has 0 amide bonds. The Balaban J connectivity index is 1.87. The molecule has 3 rings (SSSR count). The molecule has 0 aliphatic rings. The second-order valence-corrected chi connectivity index (χ2v) is 9.55. The van der Waals surface area contributed by atoms with Crippen molar-refractivity contribution in [2.75, 3.05) is 18.0 Å². The van der Waals surface area contributed by atoms with Crippen LogP contribution >= 0.6 is 0 Å². The van der Waals surface area contributed by atoms with Gasteiger partial charge < -0.3 is 9.47 Å². The monoisotopic (exact) mass is 507 g/mol. The minimum Gasteiger partial charge on any atom is -0.465 e. The first-order valence-electron chi connectivity index (χ1n) is 10.6. The highest BCUT2D eigenvalue weighted by molar-refractivity contribution is 7.92. The Kier molecular flexibility index (Phi) is 7.44. The van der Waals surface area contributed by atoms with E-state index in [9.17, 15) is 26.4 Å². The van der Waals surface area contributed by atoms with Crippen LogP contribution in [0.4, 0.5) is 18.9 Å². The third-order valence-electron chi connectivity index (χ3n) is 5.46. The lowest BCUT2D eigenvalue weighted by Crippen LogP contribution is -2.31. The van der Waals surface area contributed by atoms with Crippen LogP contribution in [0.2, 0.25) is 0 Å². The average Bonchev–Trinajstić information content (AvgIpc) is 2.81. The summed E-state index contributed by atoms with van der Waals surface area (Å²) in [7, 11) is -2.79. The molecule has 0 aliphatic carbocycles. The molecule has 186 valence electrons. The molecule has 35 heavy (non-hydrogen) atoms. The quantitative estimate of drug-likeness (QED) is 0.361. The molecule has 3 aromatic carbocycles. The lowest BCUT2D eigenvalue weighted by atomic mass is 10.0. The van der Waals surface area contributed by atoms with Gasteiger partial charge in [-0.15, -0.1) is 0 Å². The van der Waals surface area contributed by atoms with Gasteiger partial charge in [0.1, 0.15) is 11.5 Å². The molecule has 0 bridgehead atoms. The average molecular weight is 508 g/mol. The number of anilines is 1. The van der Waals surface area contributed by atoms with E-state index in [1.807, 2.05) is 0 Å². The second-order valence-electron chi connectivity index (χ2n) is 7.69. The fraction of sp³-hybridized carbons (Fsp3) is 0.240. The van der Waals surface area contributed by atoms with Gasteiger partial charge in [0.05, 0.1) is 28.8 Å². The number of carbonyl (C=O) groups is 1. The van der Waals surface area contributed by atoms with Crippen molar-refractivity contribution in [3.05, 3.63) is 82.9 Å². The predicted octanol–water partition coefficient (Wildman–Crippen LogP) is 6.12. The van der Waals surface area contributed by atoms with Gasteiger partial charge in [0.2, 0.25) is 0 Å². The lowest BCUT2D eigenvalue weighted by molar-refractivity contribution is -0.137. The molecule has 6 nitrogen and oxygen atoms in total. The summed E-state index contributed by atoms with van der Waals surface area (Å²) in [6, 6.07) is 13.2. The molecule has 10 heteroatoms. The summed E-state index contributed by atoms with van der Waals surface area (Å²) < 4.78 is 76.6. The standard InChI is InChI=1S/C25H24F3NO5S/c1-5-29(35(31,32)22-14-16(2)17(3)23(15-22)24(30)33-4)19-8-12-21(13-9-19)34-20-10-6-18(7-11-20)25(26,27)28/h6-15H,5H2,1-4H3. The highest BCUT2D eigenvalue weighted by atomic mass is 32.2. The number of esters is 1. The van der Waals surface area contributed by atoms with Crippen molar-refractivity contribution in [3.63, 3.8) is 0 Å². The van der Waals surface area contributed by atoms with E-state index >= 15 is 0 Å². The molecule has 0 N–H and O–H groups in total. The van der Waals surface area contributed by atoms with Gasteiger partial charge in [0, 0.05) is 6.54 Å². The van der Waals surface area contributed by atoms with Crippen LogP contribution in [0.15, 0.2) is 65.6 Å². The zero-order valence-electron chi connectivity index (χ0n) is 19.5. The van der Waals surface area contributed by atoms with E-state index in [2.05, 4.69) is 0 Å². The summed E-state index contributed by atoms with van der Waals surface area (Å²) in [5.74, 6) is -0.104. The van der Waals surface area contributed by atoms with Crippen LogP contribution in [-0.2, 0) is 20.9 Å². The van der Waals surface area contributed by atoms with Crippen molar-refractivity contribution in [2.24, 2.45) is 0 Å². The van der Waals surface area contributed by atoms with Crippen molar-refractivity contribution in [3.8, 4) is 11.5 Å². The summed E-state index contributed by atoms with van der Waals surface area (Å²) >= 11 is 0. The van der Waals surface area contributed by atoms with Crippen LogP contribution in [0, 0.1) is 13.8 Å². The summed E-state index contributed by atoms with van der Waals surface area (Å²) in [6.45, 7) is 5.21. The molecule has 0 heterocycles. The van der Waals surface area contributed by atoms with Crippen LogP contribution in [0.5, 0.6) is 11.5 Å². The van der Waals surface area contributed by atoms with E-state index in [0.29, 0.717) is 22.6 Å². The zero-order valence-corrected chi connectivity index (χ0v) is 20.3. The third-order valence-corrected chi connectivity index (χ3v) is 7.34. The third kappa shape index (κ3) is 5.59. The Bertz CT molecular complexity index is 1320. The Morgan fingerprint density at radius 2 is 1.49 bits per heavy atom. The number of methoxy groups -OCH3 is 1. The summed E-state index contributed by atoms with van der Waals surface area (Å²) in [4.78, 5) is 12.1. The SMILES string of the molecule is CCN(c1ccc(Oc2ccc(C(F)(F)F)cc2)cc1)S(=O)(=O)c1cc(C)c(C)c(C(=O)OC)c1. The number of aryl methyl sites for hydroxylation is 1. The number of rotatable bonds is 7. The van der Waals surface area contributed by atoms with E-state index in [1.54, 1.807) is 20.8 Å². The van der Waals surface area contributed by atoms with Gasteiger partial charge in [0.15, 0.2) is 0 Å². The van der Waals surface area contributed by atoms with Crippen molar-refractivity contribution in [2.45, 2.75) is 31.8 Å². The van der Waals surface area contributed by atoms with Gasteiger partial charge in [0.25, 0.3) is 10.0 Å². The topological polar surface area (TPSA) is 72.9 Å². The highest BCUT2D eigenvalue weighted by Crippen LogP contribution is 2.32. The van der Waals surface area contributed by atoms with E-state index in [-0.39, 0.29) is 22.8 Å². The number of halogens is 3. The van der Waals surface area contributed by atoms with Crippen LogP contribution in [-0.4, -0.2) is 28.0 Å². The van der Waals surface area contributed by atoms with Crippen molar-refractivity contribution >= 4 is 21.7 Å². The largest absolute Gasteiger partial charge is 0.465 e. The molecule has 0 saturated carbocycles. The van der Waals surface area contributed by atoms with E-state index < -0.39 is 27.7 Å². The predicted molar refractivity (Wildman–Crippen MR) is 125 cm³/mol. The van der Waals surface area contributed by atoms with Crippen LogP contribution in [0.3, 0.4) is 0 Å². The Labute approximate surface area is 202 Å². The number of hydrogen-bond donors (Lipinski definition) is 0. The summed E-state index contributed by atoms with van der Waals surface area (Å²) in [5, 5.41) is 0. The van der Waals surface area contributed by atoms with Crippen molar-refractivity contribution < 1.29 is 35.9 Å². The number of benzene rings is 3.